The van der Waals surface area contributed by atoms with Gasteiger partial charge in [-0.15, -0.1) is 11.3 Å². The molecule has 0 fully saturated rings. The van der Waals surface area contributed by atoms with Crippen molar-refractivity contribution in [3.05, 3.63) is 17.1 Å². The summed E-state index contributed by atoms with van der Waals surface area (Å²) in [6, 6.07) is 0. The van der Waals surface area contributed by atoms with E-state index in [0.29, 0.717) is 0 Å². The summed E-state index contributed by atoms with van der Waals surface area (Å²) in [6.07, 6.45) is 1.77. The second-order valence-electron chi connectivity index (χ2n) is 2.30. The van der Waals surface area contributed by atoms with Crippen LogP contribution in [0.15, 0.2) is 17.1 Å². The minimum atomic E-state index is 1.19. The zero-order chi connectivity index (χ0) is 9.23. The quantitative estimate of drug-likeness (QED) is 0.721. The first-order chi connectivity index (χ1) is 5.85. The van der Waals surface area contributed by atoms with Crippen molar-refractivity contribution in [2.75, 3.05) is 19.6 Å². The van der Waals surface area contributed by atoms with Crippen molar-refractivity contribution in [3.8, 4) is 0 Å². The Bertz CT molecular complexity index is 125. The van der Waals surface area contributed by atoms with Crippen molar-refractivity contribution in [2.45, 2.75) is 20.8 Å². The molecule has 0 atom stereocenters. The van der Waals surface area contributed by atoms with E-state index in [-0.39, 0.29) is 0 Å². The van der Waals surface area contributed by atoms with Crippen molar-refractivity contribution in [1.29, 1.82) is 0 Å². The lowest BCUT2D eigenvalue weighted by atomic mass is 10.5. The zero-order valence-electron chi connectivity index (χ0n) is 8.16. The maximum atomic E-state index is 3.74. The first-order valence-electron chi connectivity index (χ1n) is 4.39. The van der Waals surface area contributed by atoms with E-state index in [1.807, 2.05) is 5.38 Å². The lowest BCUT2D eigenvalue weighted by molar-refractivity contribution is 0.321. The molecule has 0 saturated carbocycles. The van der Waals surface area contributed by atoms with Gasteiger partial charge in [-0.25, -0.2) is 0 Å². The van der Waals surface area contributed by atoms with Crippen molar-refractivity contribution in [1.82, 2.24) is 9.88 Å². The number of hydrogen-bond acceptors (Lipinski definition) is 3. The van der Waals surface area contributed by atoms with Crippen molar-refractivity contribution in [2.24, 2.45) is 0 Å². The van der Waals surface area contributed by atoms with E-state index < -0.39 is 0 Å². The topological polar surface area (TPSA) is 16.1 Å². The normalized spacial score (nSPS) is 9.33. The Morgan fingerprint density at radius 3 is 1.83 bits per heavy atom. The van der Waals surface area contributed by atoms with E-state index in [0.717, 1.165) is 0 Å². The van der Waals surface area contributed by atoms with Crippen LogP contribution >= 0.6 is 11.3 Å². The van der Waals surface area contributed by atoms with E-state index in [2.05, 4.69) is 30.7 Å². The molecule has 1 aromatic rings. The van der Waals surface area contributed by atoms with Gasteiger partial charge in [0.05, 0.1) is 5.51 Å². The van der Waals surface area contributed by atoms with E-state index in [1.165, 1.54) is 19.6 Å². The monoisotopic (exact) mass is 186 g/mol. The smallest absolute Gasteiger partial charge is 0.0791 e. The Labute approximate surface area is 79.2 Å². The molecule has 0 radical (unpaired) electrons. The summed E-state index contributed by atoms with van der Waals surface area (Å²) in [6.45, 7) is 10.1. The molecule has 12 heavy (non-hydrogen) atoms. The van der Waals surface area contributed by atoms with E-state index in [9.17, 15) is 0 Å². The van der Waals surface area contributed by atoms with Gasteiger partial charge in [0.25, 0.3) is 0 Å². The first kappa shape index (κ1) is 11.6. The van der Waals surface area contributed by atoms with Crippen LogP contribution in [-0.4, -0.2) is 29.5 Å². The predicted octanol–water partition coefficient (Wildman–Crippen LogP) is 2.49. The number of hydrogen-bond donors (Lipinski definition) is 0. The fourth-order valence-corrected chi connectivity index (χ4v) is 1.20. The molecule has 0 aliphatic rings. The molecule has 0 amide bonds. The maximum Gasteiger partial charge on any atom is 0.0791 e. The fraction of sp³-hybridized carbons (Fsp3) is 0.667. The Morgan fingerprint density at radius 2 is 1.75 bits per heavy atom. The second-order valence-corrected chi connectivity index (χ2v) is 3.05. The molecule has 70 valence electrons. The number of nitrogens with zero attached hydrogens (tertiary/aromatic N) is 2. The molecule has 0 aromatic carbocycles. The first-order valence-corrected chi connectivity index (χ1v) is 5.33. The number of rotatable bonds is 3. The van der Waals surface area contributed by atoms with Gasteiger partial charge in [0, 0.05) is 11.6 Å². The highest BCUT2D eigenvalue weighted by Gasteiger charge is 1.89. The van der Waals surface area contributed by atoms with Crippen LogP contribution < -0.4 is 0 Å². The van der Waals surface area contributed by atoms with Crippen LogP contribution in [-0.2, 0) is 0 Å². The van der Waals surface area contributed by atoms with Crippen molar-refractivity contribution < 1.29 is 0 Å². The molecule has 0 N–H and O–H groups in total. The number of aromatic nitrogens is 1. The highest BCUT2D eigenvalue weighted by Crippen LogP contribution is 1.85. The molecule has 0 unspecified atom stereocenters. The predicted molar refractivity (Wildman–Crippen MR) is 55.6 cm³/mol. The average Bonchev–Trinajstić information content (AvgIpc) is 2.64. The summed E-state index contributed by atoms with van der Waals surface area (Å²) in [4.78, 5) is 6.12. The molecule has 1 aromatic heterocycles. The summed E-state index contributed by atoms with van der Waals surface area (Å²) in [5.74, 6) is 0. The van der Waals surface area contributed by atoms with Gasteiger partial charge < -0.3 is 4.90 Å². The van der Waals surface area contributed by atoms with Crippen LogP contribution in [0.25, 0.3) is 0 Å². The number of thiazole rings is 1. The largest absolute Gasteiger partial charge is 0.304 e. The molecule has 1 heterocycles. The van der Waals surface area contributed by atoms with Crippen LogP contribution in [0, 0.1) is 0 Å². The minimum Gasteiger partial charge on any atom is -0.304 e. The highest BCUT2D eigenvalue weighted by atomic mass is 32.1. The van der Waals surface area contributed by atoms with E-state index >= 15 is 0 Å². The Hall–Kier alpha value is -0.410. The molecule has 1 rings (SSSR count). The molecule has 3 heteroatoms. The van der Waals surface area contributed by atoms with Crippen LogP contribution in [0.1, 0.15) is 20.8 Å². The standard InChI is InChI=1S/C6H15N.C3H3NS/c1-4-7(5-2)6-3;1-2-5-3-4-1/h4-6H2,1-3H3;1-3H. The Kier molecular flexibility index (Phi) is 8.39. The molecule has 0 saturated heterocycles. The highest BCUT2D eigenvalue weighted by molar-refractivity contribution is 7.07. The molecule has 0 spiro atoms. The fourth-order valence-electron chi connectivity index (χ4n) is 0.847. The summed E-state index contributed by atoms with van der Waals surface area (Å²) in [7, 11) is 0. The van der Waals surface area contributed by atoms with Gasteiger partial charge in [-0.05, 0) is 19.6 Å². The second kappa shape index (κ2) is 8.68. The molecule has 2 nitrogen and oxygen atoms in total. The zero-order valence-corrected chi connectivity index (χ0v) is 8.97. The van der Waals surface area contributed by atoms with Gasteiger partial charge in [0.15, 0.2) is 0 Å². The Balaban J connectivity index is 0.000000211. The maximum absolute atomic E-state index is 3.74. The van der Waals surface area contributed by atoms with Gasteiger partial charge in [-0.3, -0.25) is 4.98 Å². The summed E-state index contributed by atoms with van der Waals surface area (Å²) >= 11 is 1.60. The van der Waals surface area contributed by atoms with Crippen molar-refractivity contribution in [3.63, 3.8) is 0 Å². The molecular weight excluding hydrogens is 168 g/mol. The third kappa shape index (κ3) is 6.31. The van der Waals surface area contributed by atoms with Crippen molar-refractivity contribution >= 4 is 11.3 Å². The third-order valence-corrected chi connectivity index (χ3v) is 2.21. The van der Waals surface area contributed by atoms with Crippen LogP contribution in [0.5, 0.6) is 0 Å². The summed E-state index contributed by atoms with van der Waals surface area (Å²) in [5.41, 5.74) is 1.79. The average molecular weight is 186 g/mol. The molecule has 0 aliphatic heterocycles. The lowest BCUT2D eigenvalue weighted by Gasteiger charge is -2.13. The van der Waals surface area contributed by atoms with Gasteiger partial charge in [0.2, 0.25) is 0 Å². The molecule has 0 aliphatic carbocycles. The van der Waals surface area contributed by atoms with Crippen LogP contribution in [0.3, 0.4) is 0 Å². The van der Waals surface area contributed by atoms with Crippen LogP contribution in [0.4, 0.5) is 0 Å². The van der Waals surface area contributed by atoms with Gasteiger partial charge in [-0.2, -0.15) is 0 Å². The summed E-state index contributed by atoms with van der Waals surface area (Å²) in [5, 5.41) is 1.93. The SMILES string of the molecule is CCN(CC)CC.c1cscn1. The molecule has 0 bridgehead atoms. The third-order valence-electron chi connectivity index (χ3n) is 1.69. The van der Waals surface area contributed by atoms with Gasteiger partial charge in [-0.1, -0.05) is 20.8 Å². The van der Waals surface area contributed by atoms with E-state index in [1.54, 1.807) is 23.0 Å². The molecular formula is C9H18N2S. The van der Waals surface area contributed by atoms with Gasteiger partial charge >= 0.3 is 0 Å². The minimum absolute atomic E-state index is 1.19. The lowest BCUT2D eigenvalue weighted by Crippen LogP contribution is -2.21. The van der Waals surface area contributed by atoms with Gasteiger partial charge in [0.1, 0.15) is 0 Å². The summed E-state index contributed by atoms with van der Waals surface area (Å²) < 4.78 is 0. The van der Waals surface area contributed by atoms with E-state index in [4.69, 9.17) is 0 Å². The Morgan fingerprint density at radius 1 is 1.17 bits per heavy atom. The van der Waals surface area contributed by atoms with Crippen LogP contribution in [0.2, 0.25) is 0 Å².